The zero-order valence-electron chi connectivity index (χ0n) is 21.1. The Bertz CT molecular complexity index is 1230. The molecule has 4 aromatic rings. The maximum absolute atomic E-state index is 2.58. The summed E-state index contributed by atoms with van der Waals surface area (Å²) in [6.45, 7) is 6.88. The van der Waals surface area contributed by atoms with Gasteiger partial charge in [0.25, 0.3) is 0 Å². The van der Waals surface area contributed by atoms with Gasteiger partial charge in [-0.2, -0.15) is 0 Å². The molecule has 176 valence electrons. The van der Waals surface area contributed by atoms with Gasteiger partial charge in [0.2, 0.25) is 5.52 Å². The summed E-state index contributed by atoms with van der Waals surface area (Å²) in [4.78, 5) is 2.58. The third-order valence-electron chi connectivity index (χ3n) is 6.83. The fourth-order valence-electron chi connectivity index (χ4n) is 4.81. The first-order valence-electron chi connectivity index (χ1n) is 13.0. The number of pyridine rings is 1. The van der Waals surface area contributed by atoms with Gasteiger partial charge in [0.1, 0.15) is 7.05 Å². The smallest absolute Gasteiger partial charge is 0.213 e. The Hall–Kier alpha value is -3.13. The molecule has 0 unspecified atom stereocenters. The fraction of sp³-hybridized carbons (Fsp3) is 0.344. The quantitative estimate of drug-likeness (QED) is 0.127. The summed E-state index contributed by atoms with van der Waals surface area (Å²) in [6, 6.07) is 24.5. The van der Waals surface area contributed by atoms with Crippen LogP contribution in [-0.4, -0.2) is 13.1 Å². The molecule has 1 aromatic heterocycles. The van der Waals surface area contributed by atoms with E-state index in [9.17, 15) is 0 Å². The van der Waals surface area contributed by atoms with E-state index in [-0.39, 0.29) is 0 Å². The molecule has 0 fully saturated rings. The molecule has 2 heteroatoms. The first kappa shape index (κ1) is 24.0. The van der Waals surface area contributed by atoms with Crippen LogP contribution in [0.25, 0.3) is 33.8 Å². The van der Waals surface area contributed by atoms with Gasteiger partial charge in [-0.25, -0.2) is 4.57 Å². The number of hydrogen-bond donors (Lipinski definition) is 0. The summed E-state index contributed by atoms with van der Waals surface area (Å²) in [5.41, 5.74) is 5.11. The van der Waals surface area contributed by atoms with Gasteiger partial charge in [0.05, 0.1) is 5.39 Å². The Morgan fingerprint density at radius 2 is 1.44 bits per heavy atom. The highest BCUT2D eigenvalue weighted by Crippen LogP contribution is 2.28. The number of hydrogen-bond acceptors (Lipinski definition) is 1. The van der Waals surface area contributed by atoms with Crippen molar-refractivity contribution < 1.29 is 4.57 Å². The van der Waals surface area contributed by atoms with Crippen LogP contribution in [0.1, 0.15) is 63.5 Å². The minimum absolute atomic E-state index is 1.16. The highest BCUT2D eigenvalue weighted by Gasteiger charge is 2.12. The van der Waals surface area contributed by atoms with Gasteiger partial charge in [-0.05, 0) is 52.9 Å². The molecular weight excluding hydrogens is 412 g/mol. The van der Waals surface area contributed by atoms with Crippen LogP contribution in [0.15, 0.2) is 72.9 Å². The first-order chi connectivity index (χ1) is 16.7. The van der Waals surface area contributed by atoms with Crippen molar-refractivity contribution in [3.8, 4) is 0 Å². The van der Waals surface area contributed by atoms with Crippen LogP contribution in [0.5, 0.6) is 0 Å². The predicted octanol–water partition coefficient (Wildman–Crippen LogP) is 8.17. The van der Waals surface area contributed by atoms with Crippen LogP contribution in [0.2, 0.25) is 0 Å². The lowest BCUT2D eigenvalue weighted by atomic mass is 10.00. The summed E-state index contributed by atoms with van der Waals surface area (Å²) in [6.07, 6.45) is 14.4. The molecule has 0 aliphatic heterocycles. The number of rotatable bonds is 11. The average Bonchev–Trinajstić information content (AvgIpc) is 2.88. The van der Waals surface area contributed by atoms with Crippen molar-refractivity contribution in [1.29, 1.82) is 0 Å². The minimum atomic E-state index is 1.16. The van der Waals surface area contributed by atoms with Crippen LogP contribution in [0.4, 0.5) is 5.69 Å². The van der Waals surface area contributed by atoms with Gasteiger partial charge in [-0.3, -0.25) is 0 Å². The van der Waals surface area contributed by atoms with E-state index >= 15 is 0 Å². The van der Waals surface area contributed by atoms with E-state index in [1.165, 1.54) is 77.0 Å². The molecule has 0 saturated carbocycles. The summed E-state index contributed by atoms with van der Waals surface area (Å²) in [5.74, 6) is 0. The highest BCUT2D eigenvalue weighted by atomic mass is 15.1. The Morgan fingerprint density at radius 3 is 2.15 bits per heavy atom. The van der Waals surface area contributed by atoms with Crippen LogP contribution >= 0.6 is 0 Å². The molecule has 34 heavy (non-hydrogen) atoms. The third kappa shape index (κ3) is 5.67. The summed E-state index contributed by atoms with van der Waals surface area (Å²) < 4.78 is 2.21. The summed E-state index contributed by atoms with van der Waals surface area (Å²) >= 11 is 0. The molecule has 0 spiro atoms. The lowest BCUT2D eigenvalue weighted by Gasteiger charge is -2.25. The number of anilines is 1. The van der Waals surface area contributed by atoms with Crippen LogP contribution in [0, 0.1) is 0 Å². The molecule has 0 bridgehead atoms. The second-order valence-corrected chi connectivity index (χ2v) is 9.39. The van der Waals surface area contributed by atoms with Gasteiger partial charge in [0, 0.05) is 30.9 Å². The Balaban J connectivity index is 1.58. The number of fused-ring (bicyclic) bond motifs is 3. The van der Waals surface area contributed by atoms with E-state index in [1.807, 2.05) is 0 Å². The maximum atomic E-state index is 2.58. The fourth-order valence-corrected chi connectivity index (χ4v) is 4.81. The Labute approximate surface area is 205 Å². The van der Waals surface area contributed by atoms with Crippen molar-refractivity contribution in [2.45, 2.75) is 52.4 Å². The Morgan fingerprint density at radius 1 is 0.735 bits per heavy atom. The molecule has 0 atom stereocenters. The third-order valence-corrected chi connectivity index (χ3v) is 6.83. The topological polar surface area (TPSA) is 7.12 Å². The lowest BCUT2D eigenvalue weighted by Crippen LogP contribution is -2.28. The normalized spacial score (nSPS) is 11.6. The van der Waals surface area contributed by atoms with Gasteiger partial charge >= 0.3 is 0 Å². The molecule has 4 rings (SSSR count). The molecular formula is C32H39N2+. The Kier molecular flexibility index (Phi) is 8.36. The SMILES string of the molecule is CCCCCN(CCCCC)c1ccc(C=Cc2cc[n+](C)c3ccc4ccccc4c23)cc1. The second kappa shape index (κ2) is 11.8. The minimum Gasteiger partial charge on any atom is -0.372 e. The van der Waals surface area contributed by atoms with E-state index in [0.29, 0.717) is 0 Å². The summed E-state index contributed by atoms with van der Waals surface area (Å²) in [7, 11) is 2.12. The van der Waals surface area contributed by atoms with Crippen molar-refractivity contribution in [2.75, 3.05) is 18.0 Å². The van der Waals surface area contributed by atoms with Crippen LogP contribution < -0.4 is 9.47 Å². The molecule has 0 aliphatic rings. The molecule has 2 nitrogen and oxygen atoms in total. The largest absolute Gasteiger partial charge is 0.372 e. The van der Waals surface area contributed by atoms with E-state index in [1.54, 1.807) is 0 Å². The van der Waals surface area contributed by atoms with Crippen molar-refractivity contribution >= 4 is 39.5 Å². The van der Waals surface area contributed by atoms with Gasteiger partial charge in [-0.15, -0.1) is 0 Å². The van der Waals surface area contributed by atoms with Crippen LogP contribution in [0.3, 0.4) is 0 Å². The van der Waals surface area contributed by atoms with E-state index in [0.717, 1.165) is 13.1 Å². The van der Waals surface area contributed by atoms with Gasteiger partial charge in [-0.1, -0.05) is 88.1 Å². The molecule has 0 amide bonds. The van der Waals surface area contributed by atoms with E-state index in [4.69, 9.17) is 0 Å². The number of aromatic nitrogens is 1. The van der Waals surface area contributed by atoms with E-state index in [2.05, 4.69) is 115 Å². The van der Waals surface area contributed by atoms with Gasteiger partial charge < -0.3 is 4.90 Å². The molecule has 0 saturated heterocycles. The number of nitrogens with zero attached hydrogens (tertiary/aromatic N) is 2. The van der Waals surface area contributed by atoms with Gasteiger partial charge in [0.15, 0.2) is 6.20 Å². The van der Waals surface area contributed by atoms with Crippen molar-refractivity contribution in [3.05, 3.63) is 84.1 Å². The molecule has 0 radical (unpaired) electrons. The number of aryl methyl sites for hydroxylation is 1. The summed E-state index contributed by atoms with van der Waals surface area (Å²) in [5, 5.41) is 3.90. The molecule has 0 aliphatic carbocycles. The molecule has 1 heterocycles. The monoisotopic (exact) mass is 451 g/mol. The van der Waals surface area contributed by atoms with Crippen molar-refractivity contribution in [3.63, 3.8) is 0 Å². The first-order valence-corrected chi connectivity index (χ1v) is 13.0. The predicted molar refractivity (Wildman–Crippen MR) is 149 cm³/mol. The van der Waals surface area contributed by atoms with Crippen LogP contribution in [-0.2, 0) is 7.05 Å². The van der Waals surface area contributed by atoms with Crippen molar-refractivity contribution in [2.24, 2.45) is 7.05 Å². The number of benzene rings is 3. The number of unbranched alkanes of at least 4 members (excludes halogenated alkanes) is 4. The average molecular weight is 452 g/mol. The highest BCUT2D eigenvalue weighted by molar-refractivity contribution is 6.09. The molecule has 0 N–H and O–H groups in total. The zero-order valence-corrected chi connectivity index (χ0v) is 21.1. The lowest BCUT2D eigenvalue weighted by molar-refractivity contribution is -0.644. The zero-order chi connectivity index (χ0) is 23.8. The van der Waals surface area contributed by atoms with Crippen molar-refractivity contribution in [1.82, 2.24) is 0 Å². The molecule has 3 aromatic carbocycles. The maximum Gasteiger partial charge on any atom is 0.213 e. The van der Waals surface area contributed by atoms with E-state index < -0.39 is 0 Å². The second-order valence-electron chi connectivity index (χ2n) is 9.39. The standard InChI is InChI=1S/C32H39N2/c1-4-6-10-23-34(24-11-7-5-2)29-19-15-26(16-20-29)14-17-28-22-25-33(3)31-21-18-27-12-8-9-13-30(27)32(28)31/h8-9,12-22,25H,4-7,10-11,23-24H2,1-3H3/q+1.